The van der Waals surface area contributed by atoms with Crippen LogP contribution in [0.15, 0.2) is 59.8 Å². The second kappa shape index (κ2) is 11.0. The maximum Gasteiger partial charge on any atom is 0.406 e. The highest BCUT2D eigenvalue weighted by Gasteiger charge is 2.31. The molecule has 3 aromatic rings. The zero-order chi connectivity index (χ0) is 25.7. The summed E-state index contributed by atoms with van der Waals surface area (Å²) in [6.45, 7) is -0.645. The van der Waals surface area contributed by atoms with Crippen LogP contribution in [-0.2, 0) is 16.2 Å². The Hall–Kier alpha value is -3.60. The topological polar surface area (TPSA) is 70.9 Å². The van der Waals surface area contributed by atoms with Crippen LogP contribution in [0.5, 0.6) is 0 Å². The number of aromatic nitrogens is 1. The SMILES string of the molecule is CN1CC[C@@H](Nc2cccc3c2cc(/C=N/OCC(=O)Nc2ccccc2)n3CC(F)(F)F)[C@@H](F)C1. The molecule has 36 heavy (non-hydrogen) atoms. The second-order valence-electron chi connectivity index (χ2n) is 8.75. The number of nitrogens with one attached hydrogen (secondary N) is 2. The van der Waals surface area contributed by atoms with E-state index in [4.69, 9.17) is 4.84 Å². The van der Waals surface area contributed by atoms with Gasteiger partial charge >= 0.3 is 6.18 Å². The van der Waals surface area contributed by atoms with Gasteiger partial charge in [0.1, 0.15) is 12.7 Å². The summed E-state index contributed by atoms with van der Waals surface area (Å²) >= 11 is 0. The maximum absolute atomic E-state index is 14.6. The van der Waals surface area contributed by atoms with Crippen LogP contribution >= 0.6 is 0 Å². The van der Waals surface area contributed by atoms with E-state index >= 15 is 0 Å². The maximum atomic E-state index is 14.6. The van der Waals surface area contributed by atoms with Crippen molar-refractivity contribution >= 4 is 34.4 Å². The molecule has 0 saturated carbocycles. The van der Waals surface area contributed by atoms with Gasteiger partial charge in [-0.1, -0.05) is 29.4 Å². The smallest absolute Gasteiger partial charge is 0.386 e. The fraction of sp³-hybridized carbons (Fsp3) is 0.360. The first-order valence-electron chi connectivity index (χ1n) is 11.5. The van der Waals surface area contributed by atoms with Crippen molar-refractivity contribution in [2.75, 3.05) is 37.4 Å². The molecule has 0 unspecified atom stereocenters. The number of carbonyl (C=O) groups excluding carboxylic acids is 1. The molecule has 2 heterocycles. The molecule has 0 aliphatic carbocycles. The summed E-state index contributed by atoms with van der Waals surface area (Å²) in [4.78, 5) is 18.9. The number of alkyl halides is 4. The van der Waals surface area contributed by atoms with Crippen LogP contribution in [-0.4, -0.2) is 66.7 Å². The number of benzene rings is 2. The molecule has 0 bridgehead atoms. The number of oxime groups is 1. The number of carbonyl (C=O) groups is 1. The number of anilines is 2. The quantitative estimate of drug-likeness (QED) is 0.266. The molecule has 2 aromatic carbocycles. The largest absolute Gasteiger partial charge is 0.406 e. The molecule has 1 aromatic heterocycles. The molecule has 0 spiro atoms. The van der Waals surface area contributed by atoms with Crippen molar-refractivity contribution in [2.45, 2.75) is 31.4 Å². The van der Waals surface area contributed by atoms with Crippen LogP contribution in [0.2, 0.25) is 0 Å². The van der Waals surface area contributed by atoms with E-state index in [1.165, 1.54) is 0 Å². The monoisotopic (exact) mass is 505 g/mol. The van der Waals surface area contributed by atoms with Gasteiger partial charge in [-0.05, 0) is 43.8 Å². The molecule has 1 aliphatic heterocycles. The summed E-state index contributed by atoms with van der Waals surface area (Å²) in [5.41, 5.74) is 1.59. The van der Waals surface area contributed by atoms with Gasteiger partial charge in [-0.15, -0.1) is 0 Å². The van der Waals surface area contributed by atoms with Gasteiger partial charge in [0.05, 0.1) is 23.5 Å². The lowest BCUT2D eigenvalue weighted by Gasteiger charge is -2.33. The lowest BCUT2D eigenvalue weighted by molar-refractivity contribution is -0.139. The Labute approximate surface area is 205 Å². The third-order valence-corrected chi connectivity index (χ3v) is 5.91. The Balaban J connectivity index is 1.52. The molecule has 4 rings (SSSR count). The molecule has 0 radical (unpaired) electrons. The molecule has 1 saturated heterocycles. The molecule has 192 valence electrons. The third-order valence-electron chi connectivity index (χ3n) is 5.91. The lowest BCUT2D eigenvalue weighted by atomic mass is 10.0. The molecule has 7 nitrogen and oxygen atoms in total. The number of fused-ring (bicyclic) bond motifs is 1. The third kappa shape index (κ3) is 6.54. The number of amides is 1. The number of para-hydroxylation sites is 1. The molecule has 11 heteroatoms. The van der Waals surface area contributed by atoms with Gasteiger partial charge in [-0.25, -0.2) is 4.39 Å². The predicted octanol–water partition coefficient (Wildman–Crippen LogP) is 4.65. The second-order valence-corrected chi connectivity index (χ2v) is 8.75. The van der Waals surface area contributed by atoms with Crippen molar-refractivity contribution in [2.24, 2.45) is 5.16 Å². The van der Waals surface area contributed by atoms with Gasteiger partial charge in [0.15, 0.2) is 6.61 Å². The number of halogens is 4. The molecular formula is C25H27F4N5O2. The van der Waals surface area contributed by atoms with Crippen LogP contribution in [0.25, 0.3) is 10.9 Å². The highest BCUT2D eigenvalue weighted by molar-refractivity contribution is 5.98. The summed E-state index contributed by atoms with van der Waals surface area (Å²) in [5, 5.41) is 10.0. The summed E-state index contributed by atoms with van der Waals surface area (Å²) in [6.07, 6.45) is -3.87. The Kier molecular flexibility index (Phi) is 7.78. The molecule has 2 N–H and O–H groups in total. The minimum Gasteiger partial charge on any atom is -0.386 e. The van der Waals surface area contributed by atoms with Gasteiger partial charge in [0, 0.05) is 29.9 Å². The standard InChI is InChI=1S/C25H27F4N5O2/c1-33-11-10-22(20(26)14-33)32-21-8-5-9-23-19(21)12-18(34(23)16-25(27,28)29)13-30-36-15-24(35)31-17-6-3-2-4-7-17/h2-9,12-13,20,22,32H,10-11,14-16H2,1H3,(H,31,35)/b30-13+/t20-,22+/m0/s1. The predicted molar refractivity (Wildman–Crippen MR) is 131 cm³/mol. The number of hydrogen-bond donors (Lipinski definition) is 2. The fourth-order valence-electron chi connectivity index (χ4n) is 4.22. The zero-order valence-electron chi connectivity index (χ0n) is 19.6. The van der Waals surface area contributed by atoms with E-state index in [0.29, 0.717) is 28.7 Å². The first-order chi connectivity index (χ1) is 17.2. The average molecular weight is 506 g/mol. The first-order valence-corrected chi connectivity index (χ1v) is 11.5. The molecule has 1 amide bonds. The molecule has 1 aliphatic rings. The van der Waals surface area contributed by atoms with E-state index in [1.807, 2.05) is 11.9 Å². The molecule has 1 fully saturated rings. The van der Waals surface area contributed by atoms with Crippen molar-refractivity contribution in [3.63, 3.8) is 0 Å². The van der Waals surface area contributed by atoms with Crippen molar-refractivity contribution in [1.82, 2.24) is 9.47 Å². The lowest BCUT2D eigenvalue weighted by Crippen LogP contribution is -2.46. The van der Waals surface area contributed by atoms with E-state index in [9.17, 15) is 22.4 Å². The summed E-state index contributed by atoms with van der Waals surface area (Å²) < 4.78 is 55.7. The Morgan fingerprint density at radius 2 is 1.97 bits per heavy atom. The van der Waals surface area contributed by atoms with Gasteiger partial charge in [0.25, 0.3) is 5.91 Å². The van der Waals surface area contributed by atoms with Gasteiger partial charge in [-0.3, -0.25) is 4.79 Å². The normalized spacial score (nSPS) is 19.0. The molecular weight excluding hydrogens is 478 g/mol. The highest BCUT2D eigenvalue weighted by atomic mass is 19.4. The van der Waals surface area contributed by atoms with E-state index in [0.717, 1.165) is 17.3 Å². The number of nitrogens with zero attached hydrogens (tertiary/aromatic N) is 3. The van der Waals surface area contributed by atoms with Crippen LogP contribution in [0.1, 0.15) is 12.1 Å². The van der Waals surface area contributed by atoms with E-state index < -0.39 is 37.4 Å². The minimum atomic E-state index is -4.48. The van der Waals surface area contributed by atoms with Crippen LogP contribution in [0, 0.1) is 0 Å². The van der Waals surface area contributed by atoms with E-state index in [2.05, 4.69) is 15.8 Å². The number of hydrogen-bond acceptors (Lipinski definition) is 5. The van der Waals surface area contributed by atoms with Crippen LogP contribution in [0.4, 0.5) is 28.9 Å². The van der Waals surface area contributed by atoms with E-state index in [-0.39, 0.29) is 12.2 Å². The Morgan fingerprint density at radius 3 is 2.69 bits per heavy atom. The van der Waals surface area contributed by atoms with Gasteiger partial charge in [-0.2, -0.15) is 13.2 Å². The van der Waals surface area contributed by atoms with Crippen LogP contribution < -0.4 is 10.6 Å². The summed E-state index contributed by atoms with van der Waals surface area (Å²) in [6, 6.07) is 14.8. The Morgan fingerprint density at radius 1 is 1.19 bits per heavy atom. The molecule has 2 atom stereocenters. The minimum absolute atomic E-state index is 0.139. The van der Waals surface area contributed by atoms with Crippen LogP contribution in [0.3, 0.4) is 0 Å². The van der Waals surface area contributed by atoms with Crippen molar-refractivity contribution < 1.29 is 27.2 Å². The van der Waals surface area contributed by atoms with E-state index in [1.54, 1.807) is 54.6 Å². The number of likely N-dealkylation sites (tertiary alicyclic amines) is 1. The van der Waals surface area contributed by atoms with Gasteiger partial charge < -0.3 is 24.9 Å². The van der Waals surface area contributed by atoms with Crippen molar-refractivity contribution in [3.05, 3.63) is 60.3 Å². The zero-order valence-corrected chi connectivity index (χ0v) is 19.6. The average Bonchev–Trinajstić information content (AvgIpc) is 3.16. The van der Waals surface area contributed by atoms with Crippen molar-refractivity contribution in [3.8, 4) is 0 Å². The highest BCUT2D eigenvalue weighted by Crippen LogP contribution is 2.31. The Bertz CT molecular complexity index is 1210. The summed E-state index contributed by atoms with van der Waals surface area (Å²) in [5.74, 6) is -0.459. The van der Waals surface area contributed by atoms with Gasteiger partial charge in [0.2, 0.25) is 0 Å². The number of piperidine rings is 1. The fourth-order valence-corrected chi connectivity index (χ4v) is 4.22. The number of rotatable bonds is 8. The first kappa shape index (κ1) is 25.5. The van der Waals surface area contributed by atoms with Crippen molar-refractivity contribution in [1.29, 1.82) is 0 Å². The summed E-state index contributed by atoms with van der Waals surface area (Å²) in [7, 11) is 1.85.